The Labute approximate surface area is 116 Å². The van der Waals surface area contributed by atoms with E-state index in [9.17, 15) is 0 Å². The predicted octanol–water partition coefficient (Wildman–Crippen LogP) is 4.11. The molecule has 2 aromatic carbocycles. The minimum atomic E-state index is 0.853. The zero-order chi connectivity index (χ0) is 12.8. The topological polar surface area (TPSA) is 21.3 Å². The number of anilines is 1. The molecular weight excluding hydrogens is 290 g/mol. The highest BCUT2D eigenvalue weighted by molar-refractivity contribution is 9.10. The van der Waals surface area contributed by atoms with Gasteiger partial charge >= 0.3 is 0 Å². The summed E-state index contributed by atoms with van der Waals surface area (Å²) in [5, 5.41) is 3.40. The van der Waals surface area contributed by atoms with Crippen molar-refractivity contribution in [3.8, 4) is 5.75 Å². The minimum absolute atomic E-state index is 0.853. The first-order valence-corrected chi connectivity index (χ1v) is 6.69. The Morgan fingerprint density at radius 3 is 2.61 bits per heavy atom. The molecule has 3 heteroatoms. The van der Waals surface area contributed by atoms with Crippen LogP contribution in [0.4, 0.5) is 5.69 Å². The van der Waals surface area contributed by atoms with E-state index >= 15 is 0 Å². The minimum Gasteiger partial charge on any atom is -0.497 e. The number of hydrogen-bond donors (Lipinski definition) is 1. The maximum absolute atomic E-state index is 5.23. The number of ether oxygens (including phenoxy) is 1. The summed E-state index contributed by atoms with van der Waals surface area (Å²) in [5.41, 5.74) is 2.41. The van der Waals surface area contributed by atoms with Crippen molar-refractivity contribution in [2.75, 3.05) is 19.0 Å². The molecule has 2 nitrogen and oxygen atoms in total. The molecule has 18 heavy (non-hydrogen) atoms. The SMILES string of the molecule is COc1cc(Br)cc(NCCc2ccccc2)c1. The van der Waals surface area contributed by atoms with Crippen molar-refractivity contribution in [2.24, 2.45) is 0 Å². The van der Waals surface area contributed by atoms with E-state index in [2.05, 4.69) is 45.5 Å². The van der Waals surface area contributed by atoms with E-state index < -0.39 is 0 Å². The van der Waals surface area contributed by atoms with Crippen LogP contribution in [-0.2, 0) is 6.42 Å². The predicted molar refractivity (Wildman–Crippen MR) is 79.3 cm³/mol. The van der Waals surface area contributed by atoms with Gasteiger partial charge in [-0.3, -0.25) is 0 Å². The van der Waals surface area contributed by atoms with Gasteiger partial charge in [-0.2, -0.15) is 0 Å². The molecule has 0 aliphatic rings. The van der Waals surface area contributed by atoms with E-state index in [1.807, 2.05) is 24.3 Å². The summed E-state index contributed by atoms with van der Waals surface area (Å²) in [6.45, 7) is 0.906. The van der Waals surface area contributed by atoms with Crippen molar-refractivity contribution in [2.45, 2.75) is 6.42 Å². The van der Waals surface area contributed by atoms with E-state index in [4.69, 9.17) is 4.74 Å². The van der Waals surface area contributed by atoms with Crippen LogP contribution in [0.2, 0.25) is 0 Å². The van der Waals surface area contributed by atoms with Gasteiger partial charge in [-0.25, -0.2) is 0 Å². The van der Waals surface area contributed by atoms with Gasteiger partial charge in [-0.1, -0.05) is 46.3 Å². The van der Waals surface area contributed by atoms with Crippen molar-refractivity contribution in [3.05, 3.63) is 58.6 Å². The van der Waals surface area contributed by atoms with Crippen LogP contribution in [0.1, 0.15) is 5.56 Å². The summed E-state index contributed by atoms with van der Waals surface area (Å²) in [7, 11) is 1.68. The fourth-order valence-electron chi connectivity index (χ4n) is 1.78. The van der Waals surface area contributed by atoms with Gasteiger partial charge < -0.3 is 10.1 Å². The van der Waals surface area contributed by atoms with Gasteiger partial charge in [0.1, 0.15) is 5.75 Å². The van der Waals surface area contributed by atoms with Crippen molar-refractivity contribution >= 4 is 21.6 Å². The average molecular weight is 306 g/mol. The van der Waals surface area contributed by atoms with Crippen molar-refractivity contribution in [3.63, 3.8) is 0 Å². The zero-order valence-corrected chi connectivity index (χ0v) is 11.9. The summed E-state index contributed by atoms with van der Waals surface area (Å²) in [6, 6.07) is 16.4. The van der Waals surface area contributed by atoms with Crippen LogP contribution in [0.25, 0.3) is 0 Å². The van der Waals surface area contributed by atoms with Crippen LogP contribution in [0, 0.1) is 0 Å². The summed E-state index contributed by atoms with van der Waals surface area (Å²) >= 11 is 3.47. The van der Waals surface area contributed by atoms with Gasteiger partial charge in [0.2, 0.25) is 0 Å². The molecule has 0 saturated heterocycles. The molecule has 0 amide bonds. The van der Waals surface area contributed by atoms with Crippen LogP contribution in [-0.4, -0.2) is 13.7 Å². The monoisotopic (exact) mass is 305 g/mol. The lowest BCUT2D eigenvalue weighted by Crippen LogP contribution is -2.04. The normalized spacial score (nSPS) is 10.1. The summed E-state index contributed by atoms with van der Waals surface area (Å²) in [6.07, 6.45) is 1.01. The van der Waals surface area contributed by atoms with Gasteiger partial charge in [-0.15, -0.1) is 0 Å². The van der Waals surface area contributed by atoms with Gasteiger partial charge in [0.05, 0.1) is 7.11 Å². The highest BCUT2D eigenvalue weighted by atomic mass is 79.9. The van der Waals surface area contributed by atoms with Gasteiger partial charge in [-0.05, 0) is 24.1 Å². The molecule has 0 atom stereocenters. The number of benzene rings is 2. The average Bonchev–Trinajstić information content (AvgIpc) is 2.39. The number of halogens is 1. The lowest BCUT2D eigenvalue weighted by Gasteiger charge is -2.09. The Morgan fingerprint density at radius 2 is 1.89 bits per heavy atom. The summed E-state index contributed by atoms with van der Waals surface area (Å²) in [4.78, 5) is 0. The number of hydrogen-bond acceptors (Lipinski definition) is 2. The third-order valence-corrected chi connectivity index (χ3v) is 3.15. The smallest absolute Gasteiger partial charge is 0.122 e. The fourth-order valence-corrected chi connectivity index (χ4v) is 2.25. The largest absolute Gasteiger partial charge is 0.497 e. The molecule has 2 rings (SSSR count). The second kappa shape index (κ2) is 6.45. The van der Waals surface area contributed by atoms with E-state index in [0.717, 1.165) is 28.9 Å². The third kappa shape index (κ3) is 3.77. The quantitative estimate of drug-likeness (QED) is 0.897. The summed E-state index contributed by atoms with van der Waals surface area (Å²) in [5.74, 6) is 0.853. The molecule has 1 N–H and O–H groups in total. The Morgan fingerprint density at radius 1 is 1.11 bits per heavy atom. The molecule has 0 heterocycles. The molecular formula is C15H16BrNO. The lowest BCUT2D eigenvalue weighted by molar-refractivity contribution is 0.414. The van der Waals surface area contributed by atoms with Crippen molar-refractivity contribution < 1.29 is 4.74 Å². The molecule has 0 aliphatic heterocycles. The Balaban J connectivity index is 1.92. The lowest BCUT2D eigenvalue weighted by atomic mass is 10.1. The second-order valence-corrected chi connectivity index (χ2v) is 4.96. The van der Waals surface area contributed by atoms with Gasteiger partial charge in [0.25, 0.3) is 0 Å². The molecule has 94 valence electrons. The first-order valence-electron chi connectivity index (χ1n) is 5.90. The molecule has 0 aromatic heterocycles. The van der Waals surface area contributed by atoms with Crippen molar-refractivity contribution in [1.82, 2.24) is 0 Å². The standard InChI is InChI=1S/C15H16BrNO/c1-18-15-10-13(16)9-14(11-15)17-8-7-12-5-3-2-4-6-12/h2-6,9-11,17H,7-8H2,1H3. The summed E-state index contributed by atoms with van der Waals surface area (Å²) < 4.78 is 6.25. The molecule has 0 unspecified atom stereocenters. The van der Waals surface area contributed by atoms with Crippen LogP contribution < -0.4 is 10.1 Å². The van der Waals surface area contributed by atoms with E-state index in [-0.39, 0.29) is 0 Å². The number of methoxy groups -OCH3 is 1. The Hall–Kier alpha value is -1.48. The fraction of sp³-hybridized carbons (Fsp3) is 0.200. The maximum Gasteiger partial charge on any atom is 0.122 e. The van der Waals surface area contributed by atoms with Crippen molar-refractivity contribution in [1.29, 1.82) is 0 Å². The van der Waals surface area contributed by atoms with Crippen LogP contribution in [0.5, 0.6) is 5.75 Å². The number of rotatable bonds is 5. The molecule has 0 bridgehead atoms. The highest BCUT2D eigenvalue weighted by Gasteiger charge is 1.99. The van der Waals surface area contributed by atoms with E-state index in [0.29, 0.717) is 0 Å². The van der Waals surface area contributed by atoms with E-state index in [1.165, 1.54) is 5.56 Å². The second-order valence-electron chi connectivity index (χ2n) is 4.04. The van der Waals surface area contributed by atoms with Gasteiger partial charge in [0, 0.05) is 22.8 Å². The Kier molecular flexibility index (Phi) is 4.65. The zero-order valence-electron chi connectivity index (χ0n) is 10.3. The molecule has 0 saturated carbocycles. The van der Waals surface area contributed by atoms with Gasteiger partial charge in [0.15, 0.2) is 0 Å². The maximum atomic E-state index is 5.23. The van der Waals surface area contributed by atoms with Crippen LogP contribution in [0.15, 0.2) is 53.0 Å². The Bertz CT molecular complexity index is 499. The number of nitrogens with one attached hydrogen (secondary N) is 1. The third-order valence-electron chi connectivity index (χ3n) is 2.69. The molecule has 0 fully saturated rings. The molecule has 2 aromatic rings. The molecule has 0 spiro atoms. The van der Waals surface area contributed by atoms with Crippen LogP contribution in [0.3, 0.4) is 0 Å². The molecule has 0 radical (unpaired) electrons. The van der Waals surface area contributed by atoms with E-state index in [1.54, 1.807) is 7.11 Å². The first kappa shape index (κ1) is 13.0. The molecule has 0 aliphatic carbocycles. The first-order chi connectivity index (χ1) is 8.78. The highest BCUT2D eigenvalue weighted by Crippen LogP contribution is 2.24. The van der Waals surface area contributed by atoms with Crippen LogP contribution >= 0.6 is 15.9 Å².